The summed E-state index contributed by atoms with van der Waals surface area (Å²) in [6.07, 6.45) is -2.72. The van der Waals surface area contributed by atoms with Crippen LogP contribution in [0.5, 0.6) is 0 Å². The van der Waals surface area contributed by atoms with Crippen molar-refractivity contribution in [1.29, 1.82) is 0 Å². The zero-order chi connectivity index (χ0) is 23.4. The van der Waals surface area contributed by atoms with Gasteiger partial charge in [-0.15, -0.1) is 0 Å². The van der Waals surface area contributed by atoms with E-state index in [1.807, 2.05) is 37.3 Å². The van der Waals surface area contributed by atoms with Crippen molar-refractivity contribution >= 4 is 17.4 Å². The van der Waals surface area contributed by atoms with E-state index in [1.54, 1.807) is 0 Å². The van der Waals surface area contributed by atoms with Crippen LogP contribution in [0.25, 0.3) is 0 Å². The van der Waals surface area contributed by atoms with Crippen LogP contribution in [0.15, 0.2) is 60.8 Å². The van der Waals surface area contributed by atoms with E-state index in [2.05, 4.69) is 15.3 Å². The monoisotopic (exact) mass is 443 g/mol. The molecule has 2 aromatic heterocycles. The standard InChI is InChI=1S/C23H24F3N5O/c1-2-22(13-27,15-7-4-3-5-8-15)14-30-18-11-10-17(23(24,25)26)19(31-18)20(32)16-9-6-12-29-21(16)28/h3-12H,2,13-14,27H2,1H3,(H2,28,29)(H,30,31). The van der Waals surface area contributed by atoms with E-state index in [0.717, 1.165) is 11.6 Å². The van der Waals surface area contributed by atoms with Gasteiger partial charge in [-0.1, -0.05) is 37.3 Å². The molecule has 0 saturated heterocycles. The van der Waals surface area contributed by atoms with Crippen molar-refractivity contribution in [3.8, 4) is 0 Å². The first-order valence-electron chi connectivity index (χ1n) is 10.0. The summed E-state index contributed by atoms with van der Waals surface area (Å²) in [5.74, 6) is -0.982. The third kappa shape index (κ3) is 4.72. The van der Waals surface area contributed by atoms with Gasteiger partial charge in [-0.2, -0.15) is 13.2 Å². The lowest BCUT2D eigenvalue weighted by molar-refractivity contribution is -0.138. The second-order valence-electron chi connectivity index (χ2n) is 7.41. The minimum Gasteiger partial charge on any atom is -0.383 e. The molecule has 1 aromatic carbocycles. The lowest BCUT2D eigenvalue weighted by Gasteiger charge is -2.32. The van der Waals surface area contributed by atoms with Gasteiger partial charge in [0.2, 0.25) is 5.78 Å². The number of nitrogen functional groups attached to an aromatic ring is 1. The Balaban J connectivity index is 1.97. The number of carbonyl (C=O) groups is 1. The summed E-state index contributed by atoms with van der Waals surface area (Å²) >= 11 is 0. The van der Waals surface area contributed by atoms with Crippen LogP contribution in [0.3, 0.4) is 0 Å². The predicted molar refractivity (Wildman–Crippen MR) is 117 cm³/mol. The molecule has 0 aliphatic rings. The molecule has 0 saturated carbocycles. The normalized spacial score (nSPS) is 13.4. The molecule has 0 aliphatic heterocycles. The van der Waals surface area contributed by atoms with Crippen molar-refractivity contribution < 1.29 is 18.0 Å². The first kappa shape index (κ1) is 23.2. The Hall–Kier alpha value is -3.46. The summed E-state index contributed by atoms with van der Waals surface area (Å²) < 4.78 is 40.8. The number of pyridine rings is 2. The number of aromatic nitrogens is 2. The molecule has 9 heteroatoms. The molecule has 5 N–H and O–H groups in total. The molecule has 32 heavy (non-hydrogen) atoms. The third-order valence-electron chi connectivity index (χ3n) is 5.56. The van der Waals surface area contributed by atoms with Gasteiger partial charge >= 0.3 is 6.18 Å². The number of alkyl halides is 3. The second-order valence-corrected chi connectivity index (χ2v) is 7.41. The van der Waals surface area contributed by atoms with E-state index in [1.165, 1.54) is 24.4 Å². The van der Waals surface area contributed by atoms with Crippen LogP contribution in [0, 0.1) is 0 Å². The summed E-state index contributed by atoms with van der Waals surface area (Å²) in [6.45, 7) is 2.63. The van der Waals surface area contributed by atoms with Gasteiger partial charge in [-0.3, -0.25) is 4.79 Å². The minimum atomic E-state index is -4.76. The van der Waals surface area contributed by atoms with Crippen LogP contribution in [0.2, 0.25) is 0 Å². The number of carbonyl (C=O) groups excluding carboxylic acids is 1. The van der Waals surface area contributed by atoms with Gasteiger partial charge in [0.05, 0.1) is 11.1 Å². The van der Waals surface area contributed by atoms with Crippen molar-refractivity contribution in [2.24, 2.45) is 5.73 Å². The maximum absolute atomic E-state index is 13.6. The number of nitrogens with zero attached hydrogens (tertiary/aromatic N) is 2. The molecule has 0 fully saturated rings. The van der Waals surface area contributed by atoms with Crippen molar-refractivity contribution in [1.82, 2.24) is 9.97 Å². The van der Waals surface area contributed by atoms with Crippen LogP contribution in [0.4, 0.5) is 24.8 Å². The molecule has 3 rings (SSSR count). The molecule has 0 amide bonds. The first-order valence-corrected chi connectivity index (χ1v) is 10.0. The van der Waals surface area contributed by atoms with Gasteiger partial charge < -0.3 is 16.8 Å². The van der Waals surface area contributed by atoms with Gasteiger partial charge in [0.15, 0.2) is 0 Å². The number of benzene rings is 1. The van der Waals surface area contributed by atoms with Crippen LogP contribution in [-0.4, -0.2) is 28.8 Å². The summed E-state index contributed by atoms with van der Waals surface area (Å²) in [6, 6.07) is 14.4. The fourth-order valence-corrected chi connectivity index (χ4v) is 3.51. The summed E-state index contributed by atoms with van der Waals surface area (Å²) in [5.41, 5.74) is 10.3. The highest BCUT2D eigenvalue weighted by Crippen LogP contribution is 2.34. The number of hydrogen-bond donors (Lipinski definition) is 3. The Morgan fingerprint density at radius 2 is 1.78 bits per heavy atom. The van der Waals surface area contributed by atoms with Gasteiger partial charge in [-0.25, -0.2) is 9.97 Å². The average molecular weight is 443 g/mol. The minimum absolute atomic E-state index is 0.131. The lowest BCUT2D eigenvalue weighted by Crippen LogP contribution is -2.41. The molecule has 3 aromatic rings. The van der Waals surface area contributed by atoms with E-state index >= 15 is 0 Å². The molecule has 6 nitrogen and oxygen atoms in total. The Bertz CT molecular complexity index is 1080. The fourth-order valence-electron chi connectivity index (χ4n) is 3.51. The maximum atomic E-state index is 13.6. The SMILES string of the molecule is CCC(CN)(CNc1ccc(C(F)(F)F)c(C(=O)c2cccnc2N)n1)c1ccccc1. The van der Waals surface area contributed by atoms with Crippen LogP contribution < -0.4 is 16.8 Å². The highest BCUT2D eigenvalue weighted by molar-refractivity contribution is 6.11. The molecule has 1 atom stereocenters. The number of rotatable bonds is 8. The second kappa shape index (κ2) is 9.35. The molecule has 168 valence electrons. The van der Waals surface area contributed by atoms with E-state index in [9.17, 15) is 18.0 Å². The Kier molecular flexibility index (Phi) is 6.78. The molecular formula is C23H24F3N5O. The molecule has 0 aliphatic carbocycles. The van der Waals surface area contributed by atoms with Crippen molar-refractivity contribution in [3.63, 3.8) is 0 Å². The number of nitrogens with one attached hydrogen (secondary N) is 1. The fraction of sp³-hybridized carbons (Fsp3) is 0.261. The molecular weight excluding hydrogens is 419 g/mol. The maximum Gasteiger partial charge on any atom is 0.418 e. The van der Waals surface area contributed by atoms with Gasteiger partial charge in [0.1, 0.15) is 17.3 Å². The van der Waals surface area contributed by atoms with Crippen LogP contribution in [-0.2, 0) is 11.6 Å². The van der Waals surface area contributed by atoms with E-state index in [0.29, 0.717) is 19.5 Å². The van der Waals surface area contributed by atoms with Crippen LogP contribution >= 0.6 is 0 Å². The Morgan fingerprint density at radius 3 is 2.38 bits per heavy atom. The number of hydrogen-bond acceptors (Lipinski definition) is 6. The van der Waals surface area contributed by atoms with Crippen LogP contribution in [0.1, 0.15) is 40.5 Å². The molecule has 1 unspecified atom stereocenters. The average Bonchev–Trinajstić information content (AvgIpc) is 2.80. The molecule has 0 spiro atoms. The van der Waals surface area contributed by atoms with Gasteiger partial charge in [0.25, 0.3) is 0 Å². The van der Waals surface area contributed by atoms with Gasteiger partial charge in [0, 0.05) is 24.7 Å². The Labute approximate surface area is 183 Å². The Morgan fingerprint density at radius 1 is 1.06 bits per heavy atom. The zero-order valence-electron chi connectivity index (χ0n) is 17.5. The molecule has 2 heterocycles. The molecule has 0 bridgehead atoms. The van der Waals surface area contributed by atoms with Gasteiger partial charge in [-0.05, 0) is 36.2 Å². The predicted octanol–water partition coefficient (Wildman–Crippen LogP) is 4.03. The highest BCUT2D eigenvalue weighted by atomic mass is 19.4. The lowest BCUT2D eigenvalue weighted by atomic mass is 9.78. The number of halogens is 3. The quantitative estimate of drug-likeness (QED) is 0.454. The highest BCUT2D eigenvalue weighted by Gasteiger charge is 2.37. The van der Waals surface area contributed by atoms with Crippen molar-refractivity contribution in [2.75, 3.05) is 24.1 Å². The number of nitrogens with two attached hydrogens (primary N) is 2. The van der Waals surface area contributed by atoms with E-state index in [-0.39, 0.29) is 17.2 Å². The smallest absolute Gasteiger partial charge is 0.383 e. The van der Waals surface area contributed by atoms with E-state index in [4.69, 9.17) is 11.5 Å². The summed E-state index contributed by atoms with van der Waals surface area (Å²) in [4.78, 5) is 20.7. The number of ketones is 1. The first-order chi connectivity index (χ1) is 15.2. The largest absolute Gasteiger partial charge is 0.418 e. The third-order valence-corrected chi connectivity index (χ3v) is 5.56. The summed E-state index contributed by atoms with van der Waals surface area (Å²) in [5, 5.41) is 3.07. The molecule has 0 radical (unpaired) electrons. The zero-order valence-corrected chi connectivity index (χ0v) is 17.5. The van der Waals surface area contributed by atoms with Crippen molar-refractivity contribution in [3.05, 3.63) is 83.2 Å². The summed E-state index contributed by atoms with van der Waals surface area (Å²) in [7, 11) is 0. The number of anilines is 2. The van der Waals surface area contributed by atoms with Crippen molar-refractivity contribution in [2.45, 2.75) is 24.9 Å². The van der Waals surface area contributed by atoms with E-state index < -0.39 is 28.6 Å². The topological polar surface area (TPSA) is 107 Å².